The van der Waals surface area contributed by atoms with Gasteiger partial charge in [0.25, 0.3) is 0 Å². The van der Waals surface area contributed by atoms with Gasteiger partial charge in [-0.25, -0.2) is 4.39 Å². The zero-order chi connectivity index (χ0) is 18.0. The van der Waals surface area contributed by atoms with Crippen LogP contribution >= 0.6 is 0 Å². The van der Waals surface area contributed by atoms with Crippen LogP contribution in [0, 0.1) is 18.2 Å². The first-order chi connectivity index (χ1) is 11.9. The van der Waals surface area contributed by atoms with Crippen LogP contribution in [0.15, 0.2) is 35.9 Å². The van der Waals surface area contributed by atoms with E-state index in [1.165, 1.54) is 37.1 Å². The third-order valence-corrected chi connectivity index (χ3v) is 5.74. The van der Waals surface area contributed by atoms with Gasteiger partial charge in [-0.15, -0.1) is 0 Å². The lowest BCUT2D eigenvalue weighted by Gasteiger charge is -2.42. The number of hydrogen-bond donors (Lipinski definition) is 0. The van der Waals surface area contributed by atoms with E-state index in [9.17, 15) is 9.18 Å². The van der Waals surface area contributed by atoms with E-state index in [-0.39, 0.29) is 11.2 Å². The predicted molar refractivity (Wildman–Crippen MR) is 101 cm³/mol. The Morgan fingerprint density at radius 2 is 1.96 bits per heavy atom. The molecule has 3 rings (SSSR count). The molecule has 1 unspecified atom stereocenters. The SMILES string of the molecule is Cc1cc(C2=C(C=CC=O)C(C)(C)CC(N3CCCC3)C2)ccc1F. The van der Waals surface area contributed by atoms with E-state index in [4.69, 9.17) is 0 Å². The van der Waals surface area contributed by atoms with Crippen LogP contribution in [0.1, 0.15) is 50.7 Å². The molecule has 2 nitrogen and oxygen atoms in total. The van der Waals surface area contributed by atoms with E-state index in [1.54, 1.807) is 12.1 Å². The highest BCUT2D eigenvalue weighted by molar-refractivity contribution is 5.76. The fourth-order valence-electron chi connectivity index (χ4n) is 4.46. The number of likely N-dealkylation sites (tertiary alicyclic amines) is 1. The number of benzene rings is 1. The Morgan fingerprint density at radius 1 is 1.24 bits per heavy atom. The number of carbonyl (C=O) groups excluding carboxylic acids is 1. The largest absolute Gasteiger partial charge is 0.300 e. The van der Waals surface area contributed by atoms with Crippen molar-refractivity contribution in [3.63, 3.8) is 0 Å². The van der Waals surface area contributed by atoms with Crippen molar-refractivity contribution in [3.8, 4) is 0 Å². The van der Waals surface area contributed by atoms with Gasteiger partial charge in [-0.2, -0.15) is 0 Å². The monoisotopic (exact) mass is 341 g/mol. The summed E-state index contributed by atoms with van der Waals surface area (Å²) < 4.78 is 13.8. The number of rotatable bonds is 4. The Hall–Kier alpha value is -1.74. The predicted octanol–water partition coefficient (Wildman–Crippen LogP) is 4.93. The molecule has 1 aromatic carbocycles. The van der Waals surface area contributed by atoms with Crippen LogP contribution in [0.4, 0.5) is 4.39 Å². The lowest BCUT2D eigenvalue weighted by atomic mass is 9.68. The Labute approximate surface area is 150 Å². The average Bonchev–Trinajstić information content (AvgIpc) is 3.09. The van der Waals surface area contributed by atoms with Crippen LogP contribution in [-0.2, 0) is 4.79 Å². The smallest absolute Gasteiger partial charge is 0.142 e. The molecule has 1 fully saturated rings. The van der Waals surface area contributed by atoms with E-state index < -0.39 is 0 Å². The number of aldehydes is 1. The van der Waals surface area contributed by atoms with Crippen molar-refractivity contribution in [2.24, 2.45) is 5.41 Å². The molecule has 3 heteroatoms. The van der Waals surface area contributed by atoms with Crippen molar-refractivity contribution in [1.29, 1.82) is 0 Å². The highest BCUT2D eigenvalue weighted by atomic mass is 19.1. The fraction of sp³-hybridized carbons (Fsp3) is 0.500. The van der Waals surface area contributed by atoms with Gasteiger partial charge in [0.05, 0.1) is 0 Å². The first-order valence-electron chi connectivity index (χ1n) is 9.28. The average molecular weight is 341 g/mol. The van der Waals surface area contributed by atoms with Gasteiger partial charge in [0.2, 0.25) is 0 Å². The molecule has 0 amide bonds. The second kappa shape index (κ2) is 7.25. The van der Waals surface area contributed by atoms with Gasteiger partial charge in [-0.1, -0.05) is 26.0 Å². The molecule has 1 aliphatic carbocycles. The summed E-state index contributed by atoms with van der Waals surface area (Å²) in [5.74, 6) is -0.166. The summed E-state index contributed by atoms with van der Waals surface area (Å²) in [5.41, 5.74) is 4.21. The minimum absolute atomic E-state index is 0.0113. The molecule has 1 aromatic rings. The molecule has 1 aliphatic heterocycles. The normalized spacial score (nSPS) is 24.2. The number of halogens is 1. The van der Waals surface area contributed by atoms with Gasteiger partial charge in [0.15, 0.2) is 0 Å². The van der Waals surface area contributed by atoms with E-state index in [2.05, 4.69) is 18.7 Å². The zero-order valence-electron chi connectivity index (χ0n) is 15.5. The van der Waals surface area contributed by atoms with Gasteiger partial charge in [-0.05, 0) is 91.6 Å². The maximum Gasteiger partial charge on any atom is 0.142 e. The second-order valence-electron chi connectivity index (χ2n) is 8.04. The molecule has 0 spiro atoms. The highest BCUT2D eigenvalue weighted by Crippen LogP contribution is 2.46. The lowest BCUT2D eigenvalue weighted by molar-refractivity contribution is -0.104. The lowest BCUT2D eigenvalue weighted by Crippen LogP contribution is -2.40. The minimum Gasteiger partial charge on any atom is -0.300 e. The molecule has 134 valence electrons. The summed E-state index contributed by atoms with van der Waals surface area (Å²) in [7, 11) is 0. The van der Waals surface area contributed by atoms with E-state index in [1.807, 2.05) is 25.1 Å². The van der Waals surface area contributed by atoms with E-state index >= 15 is 0 Å². The zero-order valence-corrected chi connectivity index (χ0v) is 15.5. The molecule has 0 bridgehead atoms. The van der Waals surface area contributed by atoms with Gasteiger partial charge < -0.3 is 4.90 Å². The first-order valence-corrected chi connectivity index (χ1v) is 9.28. The maximum absolute atomic E-state index is 13.8. The number of nitrogens with zero attached hydrogens (tertiary/aromatic N) is 1. The Morgan fingerprint density at radius 3 is 2.60 bits per heavy atom. The van der Waals surface area contributed by atoms with Crippen molar-refractivity contribution in [3.05, 3.63) is 52.9 Å². The molecule has 2 aliphatic rings. The summed E-state index contributed by atoms with van der Waals surface area (Å²) in [6.07, 6.45) is 9.00. The van der Waals surface area contributed by atoms with Crippen LogP contribution < -0.4 is 0 Å². The molecular weight excluding hydrogens is 313 g/mol. The van der Waals surface area contributed by atoms with Crippen LogP contribution in [-0.4, -0.2) is 30.3 Å². The molecule has 1 saturated heterocycles. The number of allylic oxidation sites excluding steroid dienone is 3. The summed E-state index contributed by atoms with van der Waals surface area (Å²) in [6.45, 7) is 8.68. The van der Waals surface area contributed by atoms with E-state index in [0.29, 0.717) is 11.6 Å². The molecule has 0 N–H and O–H groups in total. The first kappa shape index (κ1) is 18.1. The van der Waals surface area contributed by atoms with Crippen LogP contribution in [0.2, 0.25) is 0 Å². The van der Waals surface area contributed by atoms with Crippen molar-refractivity contribution in [2.75, 3.05) is 13.1 Å². The Kier molecular flexibility index (Phi) is 5.24. The summed E-state index contributed by atoms with van der Waals surface area (Å²) >= 11 is 0. The third kappa shape index (κ3) is 3.77. The minimum atomic E-state index is -0.166. The van der Waals surface area contributed by atoms with Crippen molar-refractivity contribution < 1.29 is 9.18 Å². The van der Waals surface area contributed by atoms with Crippen LogP contribution in [0.3, 0.4) is 0 Å². The van der Waals surface area contributed by atoms with Gasteiger partial charge in [0.1, 0.15) is 12.1 Å². The maximum atomic E-state index is 13.8. The second-order valence-corrected chi connectivity index (χ2v) is 8.04. The fourth-order valence-corrected chi connectivity index (χ4v) is 4.46. The molecule has 1 heterocycles. The van der Waals surface area contributed by atoms with Crippen molar-refractivity contribution >= 4 is 11.9 Å². The topological polar surface area (TPSA) is 20.3 Å². The molecule has 0 saturated carbocycles. The van der Waals surface area contributed by atoms with Crippen molar-refractivity contribution in [2.45, 2.75) is 52.5 Å². The molecule has 0 aromatic heterocycles. The summed E-state index contributed by atoms with van der Waals surface area (Å²) in [5, 5.41) is 0. The molecule has 0 radical (unpaired) electrons. The van der Waals surface area contributed by atoms with E-state index in [0.717, 1.165) is 24.7 Å². The number of carbonyl (C=O) groups is 1. The van der Waals surface area contributed by atoms with Crippen LogP contribution in [0.25, 0.3) is 5.57 Å². The molecule has 25 heavy (non-hydrogen) atoms. The number of aryl methyl sites for hydroxylation is 1. The third-order valence-electron chi connectivity index (χ3n) is 5.74. The number of hydrogen-bond acceptors (Lipinski definition) is 2. The Balaban J connectivity index is 2.07. The summed E-state index contributed by atoms with van der Waals surface area (Å²) in [4.78, 5) is 13.5. The summed E-state index contributed by atoms with van der Waals surface area (Å²) in [6, 6.07) is 5.91. The molecular formula is C22H28FNO. The Bertz CT molecular complexity index is 711. The quantitative estimate of drug-likeness (QED) is 0.572. The highest BCUT2D eigenvalue weighted by Gasteiger charge is 2.37. The van der Waals surface area contributed by atoms with Gasteiger partial charge in [-0.3, -0.25) is 4.79 Å². The van der Waals surface area contributed by atoms with Gasteiger partial charge >= 0.3 is 0 Å². The van der Waals surface area contributed by atoms with Crippen molar-refractivity contribution in [1.82, 2.24) is 4.90 Å². The van der Waals surface area contributed by atoms with Gasteiger partial charge in [0, 0.05) is 6.04 Å². The van der Waals surface area contributed by atoms with Crippen LogP contribution in [0.5, 0.6) is 0 Å². The standard InChI is InChI=1S/C22H28FNO/c1-16-13-17(8-9-21(16)23)19-14-18(24-10-4-5-11-24)15-22(2,3)20(19)7-6-12-25/h6-9,12-13,18H,4-5,10-11,14-15H2,1-3H3. The molecule has 1 atom stereocenters.